The van der Waals surface area contributed by atoms with Crippen molar-refractivity contribution in [3.63, 3.8) is 0 Å². The molecule has 0 spiro atoms. The highest BCUT2D eigenvalue weighted by molar-refractivity contribution is 6.01. The van der Waals surface area contributed by atoms with Gasteiger partial charge < -0.3 is 24.9 Å². The van der Waals surface area contributed by atoms with Gasteiger partial charge in [0.15, 0.2) is 0 Å². The predicted molar refractivity (Wildman–Crippen MR) is 103 cm³/mol. The fourth-order valence-electron chi connectivity index (χ4n) is 3.48. The summed E-state index contributed by atoms with van der Waals surface area (Å²) >= 11 is 0. The van der Waals surface area contributed by atoms with Gasteiger partial charge in [-0.05, 0) is 37.1 Å². The van der Waals surface area contributed by atoms with Crippen LogP contribution in [0.4, 0.5) is 0 Å². The first-order chi connectivity index (χ1) is 14.0. The van der Waals surface area contributed by atoms with Crippen molar-refractivity contribution in [2.75, 3.05) is 13.2 Å². The Morgan fingerprint density at radius 3 is 2.97 bits per heavy atom. The molecule has 0 bridgehead atoms. The first-order valence-corrected chi connectivity index (χ1v) is 9.23. The van der Waals surface area contributed by atoms with Crippen LogP contribution in [0, 0.1) is 6.92 Å². The van der Waals surface area contributed by atoms with Crippen LogP contribution < -0.4 is 15.4 Å². The summed E-state index contributed by atoms with van der Waals surface area (Å²) in [5, 5.41) is 15.1. The van der Waals surface area contributed by atoms with Crippen molar-refractivity contribution >= 4 is 17.3 Å². The zero-order chi connectivity index (χ0) is 20.4. The molecule has 4 rings (SSSR count). The average Bonchev–Trinajstić information content (AvgIpc) is 3.26. The maximum Gasteiger partial charge on any atom is 0.269 e. The fraction of sp³-hybridized carbons (Fsp3) is 0.300. The Morgan fingerprint density at radius 2 is 2.28 bits per heavy atom. The molecule has 3 aromatic heterocycles. The number of hydrogen-bond donors (Lipinski definition) is 3. The van der Waals surface area contributed by atoms with E-state index in [4.69, 9.17) is 4.74 Å². The lowest BCUT2D eigenvalue weighted by Gasteiger charge is -2.25. The molecular formula is C20H21N5O4. The minimum Gasteiger partial charge on any atom is -0.486 e. The number of rotatable bonds is 6. The summed E-state index contributed by atoms with van der Waals surface area (Å²) in [6, 6.07) is 5.54. The minimum atomic E-state index is -1.30. The SMILES string of the molecule is Cc1cc2ccc(OCc3cnccn3)cn2c1C(=O)NC1(CO)CCNC1=O. The molecule has 0 aliphatic carbocycles. The zero-order valence-electron chi connectivity index (χ0n) is 15.9. The maximum atomic E-state index is 13.0. The van der Waals surface area contributed by atoms with Crippen LogP contribution in [0.15, 0.2) is 43.0 Å². The molecule has 1 unspecified atom stereocenters. The Morgan fingerprint density at radius 1 is 1.41 bits per heavy atom. The van der Waals surface area contributed by atoms with Gasteiger partial charge in [0.2, 0.25) is 5.91 Å². The van der Waals surface area contributed by atoms with E-state index in [9.17, 15) is 14.7 Å². The first-order valence-electron chi connectivity index (χ1n) is 9.23. The number of fused-ring (bicyclic) bond motifs is 1. The number of amides is 2. The van der Waals surface area contributed by atoms with Crippen LogP contribution in [-0.2, 0) is 11.4 Å². The molecule has 0 aromatic carbocycles. The topological polar surface area (TPSA) is 118 Å². The second-order valence-electron chi connectivity index (χ2n) is 7.02. The normalized spacial score (nSPS) is 18.6. The van der Waals surface area contributed by atoms with E-state index in [-0.39, 0.29) is 12.5 Å². The summed E-state index contributed by atoms with van der Waals surface area (Å²) in [6.45, 7) is 2.02. The predicted octanol–water partition coefficient (Wildman–Crippen LogP) is 0.598. The first kappa shape index (κ1) is 18.9. The molecule has 0 radical (unpaired) electrons. The van der Waals surface area contributed by atoms with Gasteiger partial charge >= 0.3 is 0 Å². The van der Waals surface area contributed by atoms with Crippen molar-refractivity contribution in [1.82, 2.24) is 25.0 Å². The lowest BCUT2D eigenvalue weighted by molar-refractivity contribution is -0.125. The number of nitrogens with zero attached hydrogens (tertiary/aromatic N) is 3. The Kier molecular flexibility index (Phi) is 4.89. The Balaban J connectivity index is 1.61. The number of ether oxygens (including phenoxy) is 1. The summed E-state index contributed by atoms with van der Waals surface area (Å²) in [5.41, 5.74) is 1.34. The van der Waals surface area contributed by atoms with Gasteiger partial charge in [0.25, 0.3) is 5.91 Å². The zero-order valence-corrected chi connectivity index (χ0v) is 15.9. The third kappa shape index (κ3) is 3.52. The number of aliphatic hydroxyl groups is 1. The lowest BCUT2D eigenvalue weighted by Crippen LogP contribution is -2.56. The number of pyridine rings is 1. The van der Waals surface area contributed by atoms with Crippen molar-refractivity contribution in [3.8, 4) is 5.75 Å². The number of nitrogens with one attached hydrogen (secondary N) is 2. The highest BCUT2D eigenvalue weighted by Gasteiger charge is 2.43. The Labute approximate surface area is 166 Å². The van der Waals surface area contributed by atoms with Crippen molar-refractivity contribution < 1.29 is 19.4 Å². The summed E-state index contributed by atoms with van der Waals surface area (Å²) in [6.07, 6.45) is 6.86. The second-order valence-corrected chi connectivity index (χ2v) is 7.02. The quantitative estimate of drug-likeness (QED) is 0.563. The van der Waals surface area contributed by atoms with Crippen LogP contribution in [0.25, 0.3) is 5.52 Å². The van der Waals surface area contributed by atoms with Crippen molar-refractivity contribution in [1.29, 1.82) is 0 Å². The van der Waals surface area contributed by atoms with Gasteiger partial charge in [0.05, 0.1) is 24.7 Å². The molecule has 3 N–H and O–H groups in total. The van der Waals surface area contributed by atoms with Crippen molar-refractivity contribution in [2.45, 2.75) is 25.5 Å². The van der Waals surface area contributed by atoms with Gasteiger partial charge in [0.1, 0.15) is 23.6 Å². The van der Waals surface area contributed by atoms with Gasteiger partial charge in [-0.15, -0.1) is 0 Å². The Bertz CT molecular complexity index is 1070. The standard InChI is InChI=1S/C20H21N5O4/c1-13-8-15-2-3-16(29-11-14-9-21-6-7-22-14)10-25(15)17(13)18(27)24-20(12-26)4-5-23-19(20)28/h2-3,6-10,26H,4-5,11-12H2,1H3,(H,23,28)(H,24,27). The summed E-state index contributed by atoms with van der Waals surface area (Å²) < 4.78 is 7.49. The largest absolute Gasteiger partial charge is 0.486 e. The molecule has 1 saturated heterocycles. The number of aromatic nitrogens is 3. The number of carbonyl (C=O) groups is 2. The van der Waals surface area contributed by atoms with Crippen LogP contribution in [-0.4, -0.2) is 50.0 Å². The molecule has 9 heteroatoms. The number of hydrogen-bond acceptors (Lipinski definition) is 6. The van der Waals surface area contributed by atoms with Crippen LogP contribution in [0.2, 0.25) is 0 Å². The van der Waals surface area contributed by atoms with Gasteiger partial charge in [-0.3, -0.25) is 19.6 Å². The van der Waals surface area contributed by atoms with Gasteiger partial charge in [0, 0.05) is 24.5 Å². The third-order valence-electron chi connectivity index (χ3n) is 5.04. The number of carbonyl (C=O) groups excluding carboxylic acids is 2. The molecule has 3 aromatic rings. The number of aliphatic hydroxyl groups excluding tert-OH is 1. The third-order valence-corrected chi connectivity index (χ3v) is 5.04. The van der Waals surface area contributed by atoms with Gasteiger partial charge in [-0.1, -0.05) is 0 Å². The van der Waals surface area contributed by atoms with Crippen molar-refractivity contribution in [3.05, 3.63) is 59.9 Å². The van der Waals surface area contributed by atoms with Crippen LogP contribution in [0.1, 0.15) is 28.2 Å². The van der Waals surface area contributed by atoms with E-state index in [1.54, 1.807) is 29.2 Å². The highest BCUT2D eigenvalue weighted by atomic mass is 16.5. The summed E-state index contributed by atoms with van der Waals surface area (Å²) in [4.78, 5) is 33.3. The molecule has 1 aliphatic heterocycles. The van der Waals surface area contributed by atoms with Gasteiger partial charge in [-0.2, -0.15) is 0 Å². The fourth-order valence-corrected chi connectivity index (χ4v) is 3.48. The van der Waals surface area contributed by atoms with E-state index < -0.39 is 18.1 Å². The molecule has 2 amide bonds. The smallest absolute Gasteiger partial charge is 0.269 e. The second kappa shape index (κ2) is 7.51. The average molecular weight is 395 g/mol. The van der Waals surface area contributed by atoms with E-state index in [0.717, 1.165) is 11.1 Å². The van der Waals surface area contributed by atoms with Crippen molar-refractivity contribution in [2.24, 2.45) is 0 Å². The minimum absolute atomic E-state index is 0.245. The molecule has 0 saturated carbocycles. The van der Waals surface area contributed by atoms with Crippen LogP contribution >= 0.6 is 0 Å². The van der Waals surface area contributed by atoms with E-state index in [1.165, 1.54) is 0 Å². The molecular weight excluding hydrogens is 374 g/mol. The molecule has 150 valence electrons. The maximum absolute atomic E-state index is 13.0. The molecule has 1 atom stereocenters. The van der Waals surface area contributed by atoms with Crippen LogP contribution in [0.3, 0.4) is 0 Å². The summed E-state index contributed by atoms with van der Waals surface area (Å²) in [7, 11) is 0. The van der Waals surface area contributed by atoms with Crippen LogP contribution in [0.5, 0.6) is 5.75 Å². The molecule has 1 aliphatic rings. The summed E-state index contributed by atoms with van der Waals surface area (Å²) in [5.74, 6) is -0.247. The van der Waals surface area contributed by atoms with E-state index in [1.807, 2.05) is 25.1 Å². The van der Waals surface area contributed by atoms with E-state index in [0.29, 0.717) is 30.1 Å². The van der Waals surface area contributed by atoms with Gasteiger partial charge in [-0.25, -0.2) is 0 Å². The number of aryl methyl sites for hydroxylation is 1. The highest BCUT2D eigenvalue weighted by Crippen LogP contribution is 2.23. The molecule has 29 heavy (non-hydrogen) atoms. The molecule has 9 nitrogen and oxygen atoms in total. The molecule has 4 heterocycles. The monoisotopic (exact) mass is 395 g/mol. The lowest BCUT2D eigenvalue weighted by atomic mass is 9.98. The van der Waals surface area contributed by atoms with E-state index >= 15 is 0 Å². The van der Waals surface area contributed by atoms with E-state index in [2.05, 4.69) is 20.6 Å². The Hall–Kier alpha value is -3.46. The molecule has 1 fully saturated rings.